The maximum atomic E-state index is 13.2. The fourth-order valence-electron chi connectivity index (χ4n) is 5.84. The van der Waals surface area contributed by atoms with E-state index in [9.17, 15) is 4.79 Å². The Morgan fingerprint density at radius 2 is 1.31 bits per heavy atom. The summed E-state index contributed by atoms with van der Waals surface area (Å²) in [7, 11) is 0. The molecule has 0 N–H and O–H groups in total. The van der Waals surface area contributed by atoms with Crippen molar-refractivity contribution >= 4 is 5.97 Å². The van der Waals surface area contributed by atoms with Crippen LogP contribution in [0.2, 0.25) is 0 Å². The van der Waals surface area contributed by atoms with E-state index in [1.54, 1.807) is 0 Å². The van der Waals surface area contributed by atoms with Crippen molar-refractivity contribution in [2.24, 2.45) is 5.92 Å². The molecule has 0 unspecified atom stereocenters. The van der Waals surface area contributed by atoms with E-state index < -0.39 is 5.41 Å². The third-order valence-corrected chi connectivity index (χ3v) is 7.49. The summed E-state index contributed by atoms with van der Waals surface area (Å²) in [6.07, 6.45) is 7.43. The van der Waals surface area contributed by atoms with Crippen LogP contribution in [0.15, 0.2) is 115 Å². The van der Waals surface area contributed by atoms with Gasteiger partial charge >= 0.3 is 5.97 Å². The van der Waals surface area contributed by atoms with E-state index in [1.807, 2.05) is 0 Å². The number of hydrogen-bond donors (Lipinski definition) is 0. The van der Waals surface area contributed by atoms with Gasteiger partial charge < -0.3 is 4.74 Å². The van der Waals surface area contributed by atoms with Crippen molar-refractivity contribution in [3.63, 3.8) is 0 Å². The van der Waals surface area contributed by atoms with E-state index in [0.717, 1.165) is 32.1 Å². The van der Waals surface area contributed by atoms with E-state index in [0.29, 0.717) is 12.0 Å². The average molecular weight is 479 g/mol. The van der Waals surface area contributed by atoms with Gasteiger partial charge in [0.15, 0.2) is 0 Å². The van der Waals surface area contributed by atoms with Crippen LogP contribution in [0, 0.1) is 5.92 Å². The minimum atomic E-state index is -0.432. The monoisotopic (exact) mass is 478 g/mol. The van der Waals surface area contributed by atoms with Crippen LogP contribution in [0.3, 0.4) is 0 Å². The predicted molar refractivity (Wildman–Crippen MR) is 149 cm³/mol. The highest BCUT2D eigenvalue weighted by Gasteiger charge is 2.49. The highest BCUT2D eigenvalue weighted by Crippen LogP contribution is 2.51. The number of carbonyl (C=O) groups is 1. The first-order valence-corrected chi connectivity index (χ1v) is 13.2. The molecule has 2 heteroatoms. The Balaban J connectivity index is 1.78. The molecule has 186 valence electrons. The van der Waals surface area contributed by atoms with Crippen molar-refractivity contribution < 1.29 is 9.53 Å². The summed E-state index contributed by atoms with van der Waals surface area (Å²) in [5, 5.41) is 0. The van der Waals surface area contributed by atoms with Crippen LogP contribution in [-0.2, 0) is 14.9 Å². The van der Waals surface area contributed by atoms with Gasteiger partial charge in [0, 0.05) is 11.5 Å². The van der Waals surface area contributed by atoms with Crippen LogP contribution in [0.4, 0.5) is 0 Å². The molecule has 36 heavy (non-hydrogen) atoms. The van der Waals surface area contributed by atoms with Crippen LogP contribution in [-0.4, -0.2) is 12.1 Å². The molecule has 2 nitrogen and oxygen atoms in total. The summed E-state index contributed by atoms with van der Waals surface area (Å²) >= 11 is 0. The zero-order valence-electron chi connectivity index (χ0n) is 21.7. The average Bonchev–Trinajstić information content (AvgIpc) is 2.91. The maximum absolute atomic E-state index is 13.2. The van der Waals surface area contributed by atoms with E-state index >= 15 is 0 Å². The van der Waals surface area contributed by atoms with Gasteiger partial charge in [-0.15, -0.1) is 0 Å². The first-order valence-electron chi connectivity index (χ1n) is 13.2. The number of esters is 1. The van der Waals surface area contributed by atoms with E-state index in [1.165, 1.54) is 22.3 Å². The number of hydrogen-bond acceptors (Lipinski definition) is 2. The van der Waals surface area contributed by atoms with Crippen LogP contribution in [0.25, 0.3) is 0 Å². The minimum absolute atomic E-state index is 0.105. The lowest BCUT2D eigenvalue weighted by atomic mass is 9.57. The second-order valence-corrected chi connectivity index (χ2v) is 10.2. The molecule has 1 fully saturated rings. The number of ether oxygens (including phenoxy) is 1. The molecule has 0 aromatic heterocycles. The summed E-state index contributed by atoms with van der Waals surface area (Å²) in [6, 6.07) is 32.3. The lowest BCUT2D eigenvalue weighted by molar-refractivity contribution is -0.150. The van der Waals surface area contributed by atoms with Crippen LogP contribution < -0.4 is 0 Å². The van der Waals surface area contributed by atoms with Crippen molar-refractivity contribution in [2.45, 2.75) is 63.9 Å². The number of carbonyl (C=O) groups excluding carboxylic acids is 1. The Hall–Kier alpha value is -3.39. The number of allylic oxidation sites excluding steroid dienone is 2. The third-order valence-electron chi connectivity index (χ3n) is 7.49. The highest BCUT2D eigenvalue weighted by atomic mass is 16.5. The Morgan fingerprint density at radius 1 is 0.833 bits per heavy atom. The lowest BCUT2D eigenvalue weighted by Gasteiger charge is -2.47. The fraction of sp³-hybridized carbons (Fsp3) is 0.324. The zero-order valence-corrected chi connectivity index (χ0v) is 21.7. The molecular formula is C34H38O2. The van der Waals surface area contributed by atoms with Crippen molar-refractivity contribution in [1.29, 1.82) is 0 Å². The van der Waals surface area contributed by atoms with Crippen molar-refractivity contribution in [3.8, 4) is 0 Å². The molecule has 3 aromatic carbocycles. The number of benzene rings is 3. The molecule has 0 amide bonds. The van der Waals surface area contributed by atoms with Gasteiger partial charge in [-0.2, -0.15) is 0 Å². The van der Waals surface area contributed by atoms with Crippen LogP contribution in [0.1, 0.15) is 69.1 Å². The van der Waals surface area contributed by atoms with Gasteiger partial charge in [-0.05, 0) is 62.6 Å². The smallest absolute Gasteiger partial charge is 0.333 e. The normalized spacial score (nSPS) is 17.7. The van der Waals surface area contributed by atoms with Gasteiger partial charge in [-0.3, -0.25) is 0 Å². The van der Waals surface area contributed by atoms with Crippen molar-refractivity contribution in [1.82, 2.24) is 0 Å². The zero-order chi connectivity index (χ0) is 25.4. The predicted octanol–water partition coefficient (Wildman–Crippen LogP) is 8.43. The Kier molecular flexibility index (Phi) is 8.59. The summed E-state index contributed by atoms with van der Waals surface area (Å²) in [5.41, 5.74) is 5.08. The van der Waals surface area contributed by atoms with Crippen molar-refractivity contribution in [2.75, 3.05) is 0 Å². The maximum Gasteiger partial charge on any atom is 0.333 e. The lowest BCUT2D eigenvalue weighted by Crippen LogP contribution is -2.47. The van der Waals surface area contributed by atoms with E-state index in [4.69, 9.17) is 4.74 Å². The molecule has 0 heterocycles. The Bertz CT molecular complexity index is 1060. The van der Waals surface area contributed by atoms with Crippen LogP contribution >= 0.6 is 0 Å². The Morgan fingerprint density at radius 3 is 1.78 bits per heavy atom. The van der Waals surface area contributed by atoms with Gasteiger partial charge in [-0.1, -0.05) is 116 Å². The van der Waals surface area contributed by atoms with Gasteiger partial charge in [0.25, 0.3) is 0 Å². The van der Waals surface area contributed by atoms with Gasteiger partial charge in [0.1, 0.15) is 6.10 Å². The second-order valence-electron chi connectivity index (χ2n) is 10.2. The topological polar surface area (TPSA) is 26.3 Å². The summed E-state index contributed by atoms with van der Waals surface area (Å²) in [5.74, 6) is -0.148. The molecule has 3 aromatic rings. The molecule has 1 aliphatic rings. The largest absolute Gasteiger partial charge is 0.459 e. The third kappa shape index (κ3) is 5.54. The first kappa shape index (κ1) is 25.7. The molecular weight excluding hydrogens is 440 g/mol. The van der Waals surface area contributed by atoms with Gasteiger partial charge in [0.05, 0.1) is 5.41 Å². The summed E-state index contributed by atoms with van der Waals surface area (Å²) < 4.78 is 6.33. The van der Waals surface area contributed by atoms with Crippen LogP contribution in [0.5, 0.6) is 0 Å². The SMILES string of the molecule is C=C(CCC=C(C)C)C(=O)O[C@H]1CCCC[C@@H]1C(c1ccccc1)(c1ccccc1)c1ccccc1. The molecule has 0 spiro atoms. The number of rotatable bonds is 9. The molecule has 0 aliphatic heterocycles. The molecule has 0 bridgehead atoms. The summed E-state index contributed by atoms with van der Waals surface area (Å²) in [6.45, 7) is 8.22. The first-order chi connectivity index (χ1) is 17.5. The minimum Gasteiger partial charge on any atom is -0.459 e. The van der Waals surface area contributed by atoms with Gasteiger partial charge in [0.2, 0.25) is 0 Å². The summed E-state index contributed by atoms with van der Waals surface area (Å²) in [4.78, 5) is 13.2. The molecule has 0 radical (unpaired) electrons. The molecule has 1 saturated carbocycles. The fourth-order valence-corrected chi connectivity index (χ4v) is 5.84. The van der Waals surface area contributed by atoms with E-state index in [-0.39, 0.29) is 18.0 Å². The molecule has 0 saturated heterocycles. The Labute approximate surface area is 216 Å². The quantitative estimate of drug-likeness (QED) is 0.133. The van der Waals surface area contributed by atoms with Gasteiger partial charge in [-0.25, -0.2) is 4.79 Å². The van der Waals surface area contributed by atoms with Crippen molar-refractivity contribution in [3.05, 3.63) is 131 Å². The second kappa shape index (κ2) is 12.0. The molecule has 1 aliphatic carbocycles. The molecule has 4 rings (SSSR count). The highest BCUT2D eigenvalue weighted by molar-refractivity contribution is 5.87. The standard InChI is InChI=1S/C34H38O2/c1-26(2)16-15-17-27(3)33(35)36-32-25-14-13-24-31(32)34(28-18-7-4-8-19-28,29-20-9-5-10-21-29)30-22-11-6-12-23-30/h4-12,16,18-23,31-32H,3,13-15,17,24-25H2,1-2H3/t31-,32-/m0/s1. The van der Waals surface area contributed by atoms with E-state index in [2.05, 4.69) is 117 Å². The molecule has 2 atom stereocenters.